The van der Waals surface area contributed by atoms with Gasteiger partial charge in [-0.15, -0.1) is 5.10 Å². The van der Waals surface area contributed by atoms with E-state index >= 15 is 0 Å². The van der Waals surface area contributed by atoms with Gasteiger partial charge >= 0.3 is 0 Å². The van der Waals surface area contributed by atoms with E-state index in [9.17, 15) is 0 Å². The number of hydrogen-bond donors (Lipinski definition) is 1. The van der Waals surface area contributed by atoms with Crippen LogP contribution in [0.25, 0.3) is 11.3 Å². The molecule has 1 aromatic heterocycles. The van der Waals surface area contributed by atoms with Gasteiger partial charge in [-0.2, -0.15) is 10.3 Å². The molecule has 1 saturated heterocycles. The molecule has 4 heteroatoms. The van der Waals surface area contributed by atoms with Crippen LogP contribution in [0.5, 0.6) is 0 Å². The fourth-order valence-corrected chi connectivity index (χ4v) is 2.16. The van der Waals surface area contributed by atoms with Gasteiger partial charge in [0.2, 0.25) is 0 Å². The van der Waals surface area contributed by atoms with Crippen molar-refractivity contribution in [2.45, 2.75) is 12.8 Å². The number of aromatic amines is 1. The Morgan fingerprint density at radius 2 is 1.75 bits per heavy atom. The highest BCUT2D eigenvalue weighted by molar-refractivity contribution is 5.71. The number of H-pyrrole nitrogens is 1. The average Bonchev–Trinajstić information content (AvgIpc) is 3.01. The van der Waals surface area contributed by atoms with E-state index in [-0.39, 0.29) is 0 Å². The normalized spacial score (nSPS) is 15.6. The van der Waals surface area contributed by atoms with Crippen molar-refractivity contribution in [2.75, 3.05) is 18.0 Å². The lowest BCUT2D eigenvalue weighted by molar-refractivity contribution is 0.895. The molecule has 4 nitrogen and oxygen atoms in total. The Morgan fingerprint density at radius 3 is 2.50 bits per heavy atom. The smallest absolute Gasteiger partial charge is 0.179 e. The number of rotatable bonds is 2. The maximum absolute atomic E-state index is 4.26. The number of benzene rings is 1. The Kier molecular flexibility index (Phi) is 2.33. The zero-order valence-electron chi connectivity index (χ0n) is 9.06. The molecule has 3 rings (SSSR count). The number of nitrogens with zero attached hydrogens (tertiary/aromatic N) is 3. The van der Waals surface area contributed by atoms with Crippen LogP contribution in [0.2, 0.25) is 0 Å². The van der Waals surface area contributed by atoms with Crippen molar-refractivity contribution < 1.29 is 0 Å². The summed E-state index contributed by atoms with van der Waals surface area (Å²) in [6.07, 6.45) is 2.50. The first-order chi connectivity index (χ1) is 7.95. The lowest BCUT2D eigenvalue weighted by Crippen LogP contribution is -2.18. The molecule has 0 unspecified atom stereocenters. The van der Waals surface area contributed by atoms with Crippen LogP contribution >= 0.6 is 0 Å². The largest absolute Gasteiger partial charge is 0.353 e. The summed E-state index contributed by atoms with van der Waals surface area (Å²) in [7, 11) is 0. The highest BCUT2D eigenvalue weighted by atomic mass is 15.4. The first-order valence-corrected chi connectivity index (χ1v) is 5.66. The van der Waals surface area contributed by atoms with Gasteiger partial charge < -0.3 is 4.90 Å². The van der Waals surface area contributed by atoms with E-state index in [1.807, 2.05) is 18.2 Å². The Balaban J connectivity index is 1.99. The van der Waals surface area contributed by atoms with E-state index in [1.54, 1.807) is 0 Å². The van der Waals surface area contributed by atoms with Gasteiger partial charge in [0.15, 0.2) is 5.82 Å². The average molecular weight is 214 g/mol. The van der Waals surface area contributed by atoms with Gasteiger partial charge in [-0.3, -0.25) is 0 Å². The summed E-state index contributed by atoms with van der Waals surface area (Å²) in [5.41, 5.74) is 2.08. The zero-order chi connectivity index (χ0) is 10.8. The van der Waals surface area contributed by atoms with E-state index in [0.717, 1.165) is 30.2 Å². The van der Waals surface area contributed by atoms with Crippen molar-refractivity contribution in [3.05, 3.63) is 30.3 Å². The van der Waals surface area contributed by atoms with Gasteiger partial charge in [0.1, 0.15) is 5.69 Å². The third-order valence-electron chi connectivity index (χ3n) is 2.98. The molecule has 1 aliphatic rings. The van der Waals surface area contributed by atoms with Crippen LogP contribution in [0.4, 0.5) is 5.82 Å². The van der Waals surface area contributed by atoms with Crippen LogP contribution < -0.4 is 4.90 Å². The van der Waals surface area contributed by atoms with Crippen LogP contribution in [-0.2, 0) is 0 Å². The molecular formula is C12H14N4. The molecule has 1 N–H and O–H groups in total. The molecule has 0 aliphatic carbocycles. The quantitative estimate of drug-likeness (QED) is 0.832. The third-order valence-corrected chi connectivity index (χ3v) is 2.98. The van der Waals surface area contributed by atoms with Crippen molar-refractivity contribution in [3.8, 4) is 11.3 Å². The SMILES string of the molecule is c1ccc(-c2n[nH]nc2N2CCCC2)cc1. The standard InChI is InChI=1S/C12H14N4/c1-2-6-10(7-3-1)11-12(14-15-13-11)16-8-4-5-9-16/h1-3,6-7H,4-5,8-9H2,(H,13,14,15). The van der Waals surface area contributed by atoms with Gasteiger partial charge in [0.05, 0.1) is 0 Å². The summed E-state index contributed by atoms with van der Waals surface area (Å²) in [6, 6.07) is 10.2. The summed E-state index contributed by atoms with van der Waals surface area (Å²) in [4.78, 5) is 2.30. The van der Waals surface area contributed by atoms with Crippen molar-refractivity contribution in [2.24, 2.45) is 0 Å². The minimum Gasteiger partial charge on any atom is -0.353 e. The van der Waals surface area contributed by atoms with E-state index in [4.69, 9.17) is 0 Å². The summed E-state index contributed by atoms with van der Waals surface area (Å²) in [6.45, 7) is 2.18. The maximum Gasteiger partial charge on any atom is 0.179 e. The van der Waals surface area contributed by atoms with Gasteiger partial charge in [-0.05, 0) is 12.8 Å². The fourth-order valence-electron chi connectivity index (χ4n) is 2.16. The van der Waals surface area contributed by atoms with E-state index in [0.29, 0.717) is 0 Å². The van der Waals surface area contributed by atoms with Crippen molar-refractivity contribution >= 4 is 5.82 Å². The molecule has 1 fully saturated rings. The molecule has 82 valence electrons. The molecule has 2 heterocycles. The van der Waals surface area contributed by atoms with Gasteiger partial charge in [-0.25, -0.2) is 0 Å². The van der Waals surface area contributed by atoms with Crippen molar-refractivity contribution in [1.82, 2.24) is 15.4 Å². The summed E-state index contributed by atoms with van der Waals surface area (Å²) in [5.74, 6) is 0.990. The number of nitrogens with one attached hydrogen (secondary N) is 1. The Bertz CT molecular complexity index is 457. The molecule has 2 aromatic rings. The van der Waals surface area contributed by atoms with Gasteiger partial charge in [-0.1, -0.05) is 30.3 Å². The fraction of sp³-hybridized carbons (Fsp3) is 0.333. The second-order valence-electron chi connectivity index (χ2n) is 4.06. The molecule has 0 atom stereocenters. The van der Waals surface area contributed by atoms with Gasteiger partial charge in [0.25, 0.3) is 0 Å². The minimum absolute atomic E-state index is 0.961. The van der Waals surface area contributed by atoms with Crippen LogP contribution in [0.3, 0.4) is 0 Å². The monoisotopic (exact) mass is 214 g/mol. The zero-order valence-corrected chi connectivity index (χ0v) is 9.06. The molecule has 0 amide bonds. The Morgan fingerprint density at radius 1 is 1.00 bits per heavy atom. The highest BCUT2D eigenvalue weighted by Crippen LogP contribution is 2.28. The topological polar surface area (TPSA) is 44.8 Å². The van der Waals surface area contributed by atoms with Crippen molar-refractivity contribution in [1.29, 1.82) is 0 Å². The van der Waals surface area contributed by atoms with Crippen LogP contribution in [0.15, 0.2) is 30.3 Å². The lowest BCUT2D eigenvalue weighted by Gasteiger charge is -2.14. The van der Waals surface area contributed by atoms with Crippen LogP contribution in [-0.4, -0.2) is 28.5 Å². The second kappa shape index (κ2) is 3.96. The predicted octanol–water partition coefficient (Wildman–Crippen LogP) is 2.07. The molecule has 1 aromatic carbocycles. The second-order valence-corrected chi connectivity index (χ2v) is 4.06. The summed E-state index contributed by atoms with van der Waals surface area (Å²) in [5, 5.41) is 11.2. The van der Waals surface area contributed by atoms with Crippen molar-refractivity contribution in [3.63, 3.8) is 0 Å². The van der Waals surface area contributed by atoms with Gasteiger partial charge in [0, 0.05) is 18.7 Å². The van der Waals surface area contributed by atoms with E-state index in [1.165, 1.54) is 12.8 Å². The molecule has 1 aliphatic heterocycles. The van der Waals surface area contributed by atoms with Crippen LogP contribution in [0.1, 0.15) is 12.8 Å². The number of aromatic nitrogens is 3. The number of hydrogen-bond acceptors (Lipinski definition) is 3. The lowest BCUT2D eigenvalue weighted by atomic mass is 10.1. The summed E-state index contributed by atoms with van der Waals surface area (Å²) < 4.78 is 0. The molecular weight excluding hydrogens is 200 g/mol. The summed E-state index contributed by atoms with van der Waals surface area (Å²) >= 11 is 0. The third kappa shape index (κ3) is 1.56. The molecule has 16 heavy (non-hydrogen) atoms. The van der Waals surface area contributed by atoms with Crippen LogP contribution in [0, 0.1) is 0 Å². The molecule has 0 spiro atoms. The Hall–Kier alpha value is -1.84. The van der Waals surface area contributed by atoms with E-state index < -0.39 is 0 Å². The molecule has 0 saturated carbocycles. The maximum atomic E-state index is 4.26. The molecule has 0 bridgehead atoms. The Labute approximate surface area is 94.3 Å². The minimum atomic E-state index is 0.961. The first-order valence-electron chi connectivity index (χ1n) is 5.66. The first kappa shape index (κ1) is 9.39. The predicted molar refractivity (Wildman–Crippen MR) is 63.3 cm³/mol. The molecule has 0 radical (unpaired) electrons. The van der Waals surface area contributed by atoms with E-state index in [2.05, 4.69) is 32.4 Å². The number of anilines is 1. The highest BCUT2D eigenvalue weighted by Gasteiger charge is 2.19.